The van der Waals surface area contributed by atoms with Crippen molar-refractivity contribution in [1.29, 1.82) is 0 Å². The van der Waals surface area contributed by atoms with Gasteiger partial charge in [0.1, 0.15) is 0 Å². The van der Waals surface area contributed by atoms with Crippen LogP contribution in [0.4, 0.5) is 5.69 Å². The minimum absolute atomic E-state index is 0.122. The molecule has 0 radical (unpaired) electrons. The largest absolute Gasteiger partial charge is 0.504 e. The van der Waals surface area contributed by atoms with Gasteiger partial charge in [-0.2, -0.15) is 0 Å². The Morgan fingerprint density at radius 2 is 1.85 bits per heavy atom. The number of hydrogen-bond donors (Lipinski definition) is 1. The molecule has 0 saturated carbocycles. The molecule has 34 heavy (non-hydrogen) atoms. The fraction of sp³-hybridized carbons (Fsp3) is 0.333. The number of hydrogen-bond acceptors (Lipinski definition) is 8. The number of nitro groups is 1. The Hall–Kier alpha value is -3.76. The van der Waals surface area contributed by atoms with Gasteiger partial charge >= 0.3 is 0 Å². The van der Waals surface area contributed by atoms with E-state index in [4.69, 9.17) is 9.47 Å². The molecule has 0 atom stereocenters. The van der Waals surface area contributed by atoms with Gasteiger partial charge in [0.15, 0.2) is 17.3 Å². The zero-order valence-corrected chi connectivity index (χ0v) is 18.6. The highest BCUT2D eigenvalue weighted by Gasteiger charge is 2.34. The van der Waals surface area contributed by atoms with Crippen LogP contribution in [0.2, 0.25) is 0 Å². The van der Waals surface area contributed by atoms with Crippen molar-refractivity contribution < 1.29 is 24.3 Å². The fourth-order valence-corrected chi connectivity index (χ4v) is 4.80. The third-order valence-corrected chi connectivity index (χ3v) is 6.47. The van der Waals surface area contributed by atoms with E-state index in [2.05, 4.69) is 4.90 Å². The minimum Gasteiger partial charge on any atom is -0.504 e. The van der Waals surface area contributed by atoms with Crippen LogP contribution in [0.15, 0.2) is 35.1 Å². The summed E-state index contributed by atoms with van der Waals surface area (Å²) < 4.78 is 12.2. The van der Waals surface area contributed by atoms with E-state index < -0.39 is 10.5 Å². The average Bonchev–Trinajstić information content (AvgIpc) is 3.12. The number of methoxy groups -OCH3 is 1. The molecule has 3 aromatic rings. The van der Waals surface area contributed by atoms with Crippen LogP contribution in [0.5, 0.6) is 11.5 Å². The molecule has 10 nitrogen and oxygen atoms in total. The number of aromatic nitrogens is 1. The van der Waals surface area contributed by atoms with Gasteiger partial charge in [-0.25, -0.2) is 0 Å². The standard InChI is InChI=1S/C24H23N3O7/c1-33-20-13-16-17(12-19(20)28)23(29)21-15-4-3-14(27(31)32)11-18(15)24(30)26(22(16)21)6-2-5-25-7-9-34-10-8-25/h3-4,11-13,28H,2,5-10H2,1H3. The predicted octanol–water partition coefficient (Wildman–Crippen LogP) is 2.56. The van der Waals surface area contributed by atoms with Crippen molar-refractivity contribution in [2.75, 3.05) is 40.0 Å². The molecule has 2 aliphatic rings. The SMILES string of the molecule is COc1cc2c(cc1O)C(=O)c1c-2n(CCCN2CCOCC2)c(=O)c2cc([N+](=O)[O-])ccc12. The maximum Gasteiger partial charge on any atom is 0.270 e. The van der Waals surface area contributed by atoms with Gasteiger partial charge in [0.25, 0.3) is 11.2 Å². The molecule has 1 aliphatic carbocycles. The molecular formula is C24H23N3O7. The summed E-state index contributed by atoms with van der Waals surface area (Å²) in [5.74, 6) is -0.331. The lowest BCUT2D eigenvalue weighted by molar-refractivity contribution is -0.384. The quantitative estimate of drug-likeness (QED) is 0.340. The van der Waals surface area contributed by atoms with Gasteiger partial charge < -0.3 is 19.1 Å². The van der Waals surface area contributed by atoms with E-state index in [9.17, 15) is 24.8 Å². The number of carbonyl (C=O) groups excluding carboxylic acids is 1. The van der Waals surface area contributed by atoms with Crippen LogP contribution in [0.25, 0.3) is 22.0 Å². The number of carbonyl (C=O) groups is 1. The lowest BCUT2D eigenvalue weighted by Crippen LogP contribution is -2.37. The van der Waals surface area contributed by atoms with Crippen LogP contribution in [-0.2, 0) is 11.3 Å². The van der Waals surface area contributed by atoms with Crippen molar-refractivity contribution in [2.24, 2.45) is 0 Å². The highest BCUT2D eigenvalue weighted by atomic mass is 16.6. The number of ether oxygens (including phenoxy) is 2. The Bertz CT molecular complexity index is 1390. The maximum atomic E-state index is 13.6. The van der Waals surface area contributed by atoms with Crippen LogP contribution in [0, 0.1) is 10.1 Å². The number of ketones is 1. The van der Waals surface area contributed by atoms with E-state index in [-0.39, 0.29) is 33.9 Å². The van der Waals surface area contributed by atoms with Crippen molar-refractivity contribution in [3.05, 3.63) is 61.9 Å². The number of benzene rings is 2. The molecule has 1 aromatic heterocycles. The number of phenols is 1. The molecule has 0 amide bonds. The Labute approximate surface area is 194 Å². The molecule has 1 saturated heterocycles. The molecule has 0 spiro atoms. The number of rotatable bonds is 6. The fourth-order valence-electron chi connectivity index (χ4n) is 4.80. The Morgan fingerprint density at radius 3 is 2.56 bits per heavy atom. The van der Waals surface area contributed by atoms with Gasteiger partial charge in [0.2, 0.25) is 0 Å². The highest BCUT2D eigenvalue weighted by Crippen LogP contribution is 2.44. The summed E-state index contributed by atoms with van der Waals surface area (Å²) in [6.07, 6.45) is 0.644. The second-order valence-electron chi connectivity index (χ2n) is 8.37. The summed E-state index contributed by atoms with van der Waals surface area (Å²) in [5, 5.41) is 22.1. The molecule has 0 bridgehead atoms. The molecule has 1 aliphatic heterocycles. The van der Waals surface area contributed by atoms with Gasteiger partial charge in [-0.15, -0.1) is 0 Å². The molecule has 176 valence electrons. The zero-order chi connectivity index (χ0) is 24.0. The second-order valence-corrected chi connectivity index (χ2v) is 8.37. The number of nitrogens with zero attached hydrogens (tertiary/aromatic N) is 3. The van der Waals surface area contributed by atoms with Crippen molar-refractivity contribution in [2.45, 2.75) is 13.0 Å². The minimum atomic E-state index is -0.561. The number of fused-ring (bicyclic) bond motifs is 5. The summed E-state index contributed by atoms with van der Waals surface area (Å²) >= 11 is 0. The van der Waals surface area contributed by atoms with E-state index in [0.717, 1.165) is 19.6 Å². The van der Waals surface area contributed by atoms with Gasteiger partial charge in [-0.3, -0.25) is 24.6 Å². The monoisotopic (exact) mass is 465 g/mol. The molecule has 2 heterocycles. The number of nitro benzene ring substituents is 1. The Balaban J connectivity index is 1.68. The summed E-state index contributed by atoms with van der Waals surface area (Å²) in [5.41, 5.74) is 0.905. The number of aromatic hydroxyl groups is 1. The second kappa shape index (κ2) is 8.54. The summed E-state index contributed by atoms with van der Waals surface area (Å²) in [7, 11) is 1.41. The van der Waals surface area contributed by atoms with Gasteiger partial charge in [0, 0.05) is 54.8 Å². The van der Waals surface area contributed by atoms with Crippen molar-refractivity contribution in [1.82, 2.24) is 9.47 Å². The van der Waals surface area contributed by atoms with Crippen LogP contribution < -0.4 is 10.3 Å². The van der Waals surface area contributed by atoms with Gasteiger partial charge in [-0.1, -0.05) is 0 Å². The summed E-state index contributed by atoms with van der Waals surface area (Å²) in [4.78, 5) is 40.1. The molecule has 10 heteroatoms. The third kappa shape index (κ3) is 3.51. The van der Waals surface area contributed by atoms with Crippen molar-refractivity contribution in [3.8, 4) is 22.8 Å². The molecule has 1 fully saturated rings. The maximum absolute atomic E-state index is 13.6. The van der Waals surface area contributed by atoms with E-state index in [0.29, 0.717) is 48.4 Å². The number of pyridine rings is 1. The molecule has 0 unspecified atom stereocenters. The number of morpholine rings is 1. The highest BCUT2D eigenvalue weighted by molar-refractivity contribution is 6.27. The van der Waals surface area contributed by atoms with Crippen molar-refractivity contribution in [3.63, 3.8) is 0 Å². The number of phenolic OH excluding ortho intramolecular Hbond substituents is 1. The van der Waals surface area contributed by atoms with Crippen LogP contribution >= 0.6 is 0 Å². The van der Waals surface area contributed by atoms with Crippen molar-refractivity contribution >= 4 is 22.2 Å². The van der Waals surface area contributed by atoms with Crippen LogP contribution in [-0.4, -0.2) is 65.2 Å². The first-order valence-electron chi connectivity index (χ1n) is 11.0. The lowest BCUT2D eigenvalue weighted by atomic mass is 10.0. The molecule has 5 rings (SSSR count). The Kier molecular flexibility index (Phi) is 5.54. The molecule has 2 aromatic carbocycles. The first-order chi connectivity index (χ1) is 16.4. The first-order valence-corrected chi connectivity index (χ1v) is 11.0. The Morgan fingerprint density at radius 1 is 1.09 bits per heavy atom. The normalized spacial score (nSPS) is 15.4. The van der Waals surface area contributed by atoms with E-state index in [1.165, 1.54) is 35.9 Å². The van der Waals surface area contributed by atoms with Crippen LogP contribution in [0.3, 0.4) is 0 Å². The summed E-state index contributed by atoms with van der Waals surface area (Å²) in [6, 6.07) is 6.87. The predicted molar refractivity (Wildman–Crippen MR) is 124 cm³/mol. The first kappa shape index (κ1) is 22.1. The average molecular weight is 465 g/mol. The van der Waals surface area contributed by atoms with E-state index in [1.54, 1.807) is 6.07 Å². The van der Waals surface area contributed by atoms with Crippen LogP contribution in [0.1, 0.15) is 22.3 Å². The number of non-ortho nitro benzene ring substituents is 1. The third-order valence-electron chi connectivity index (χ3n) is 6.47. The molecular weight excluding hydrogens is 442 g/mol. The molecule has 1 N–H and O–H groups in total. The van der Waals surface area contributed by atoms with Gasteiger partial charge in [0.05, 0.1) is 41.9 Å². The zero-order valence-electron chi connectivity index (χ0n) is 18.6. The van der Waals surface area contributed by atoms with E-state index in [1.807, 2.05) is 0 Å². The lowest BCUT2D eigenvalue weighted by Gasteiger charge is -2.26. The smallest absolute Gasteiger partial charge is 0.270 e. The summed E-state index contributed by atoms with van der Waals surface area (Å²) in [6.45, 7) is 4.04. The topological polar surface area (TPSA) is 124 Å². The van der Waals surface area contributed by atoms with Gasteiger partial charge in [-0.05, 0) is 24.6 Å². The van der Waals surface area contributed by atoms with E-state index >= 15 is 0 Å².